The first-order valence-corrected chi connectivity index (χ1v) is 9.52. The Morgan fingerprint density at radius 1 is 1.15 bits per heavy atom. The van der Waals surface area contributed by atoms with Gasteiger partial charge in [0, 0.05) is 0 Å². The van der Waals surface area contributed by atoms with Crippen molar-refractivity contribution in [2.45, 2.75) is 56.4 Å². The Balaban J connectivity index is 1.70. The molecular weight excluding hydrogens is 393 g/mol. The number of ether oxygens (including phenoxy) is 4. The van der Waals surface area contributed by atoms with Gasteiger partial charge in [0.15, 0.2) is 12.1 Å². The summed E-state index contributed by atoms with van der Waals surface area (Å²) in [7, 11) is -5.74. The van der Waals surface area contributed by atoms with Crippen LogP contribution < -0.4 is 0 Å². The zero-order valence-corrected chi connectivity index (χ0v) is 15.3. The van der Waals surface area contributed by atoms with Crippen LogP contribution in [0.25, 0.3) is 0 Å². The molecule has 4 atom stereocenters. The molecule has 2 heterocycles. The zero-order valence-electron chi connectivity index (χ0n) is 14.5. The van der Waals surface area contributed by atoms with Gasteiger partial charge in [-0.3, -0.25) is 4.18 Å². The molecule has 0 aliphatic carbocycles. The van der Waals surface area contributed by atoms with Crippen molar-refractivity contribution in [2.75, 3.05) is 6.61 Å². The Hall–Kier alpha value is -1.24. The van der Waals surface area contributed by atoms with Crippen molar-refractivity contribution < 1.29 is 44.7 Å². The van der Waals surface area contributed by atoms with Crippen LogP contribution in [0.3, 0.4) is 0 Å². The van der Waals surface area contributed by atoms with E-state index < -0.39 is 52.6 Å². The minimum absolute atomic E-state index is 0.129. The van der Waals surface area contributed by atoms with Gasteiger partial charge in [-0.2, -0.15) is 21.6 Å². The van der Waals surface area contributed by atoms with Gasteiger partial charge in [-0.25, -0.2) is 0 Å². The molecule has 0 spiro atoms. The minimum Gasteiger partial charge on any atom is -0.368 e. The maximum atomic E-state index is 12.5. The maximum absolute atomic E-state index is 12.5. The quantitative estimate of drug-likeness (QED) is 0.524. The van der Waals surface area contributed by atoms with Crippen LogP contribution in [-0.4, -0.2) is 50.9 Å². The second kappa shape index (κ2) is 7.30. The largest absolute Gasteiger partial charge is 0.523 e. The third-order valence-electron chi connectivity index (χ3n) is 4.04. The van der Waals surface area contributed by atoms with E-state index in [4.69, 9.17) is 18.9 Å². The van der Waals surface area contributed by atoms with Gasteiger partial charge in [-0.15, -0.1) is 0 Å². The Morgan fingerprint density at radius 2 is 1.81 bits per heavy atom. The number of alkyl halides is 3. The summed E-state index contributed by atoms with van der Waals surface area (Å²) in [4.78, 5) is 0. The summed E-state index contributed by atoms with van der Waals surface area (Å²) >= 11 is 0. The van der Waals surface area contributed by atoms with Gasteiger partial charge >= 0.3 is 15.6 Å². The average Bonchev–Trinajstić information content (AvgIpc) is 3.02. The smallest absolute Gasteiger partial charge is 0.368 e. The summed E-state index contributed by atoms with van der Waals surface area (Å²) in [6, 6.07) is 9.06. The van der Waals surface area contributed by atoms with Crippen molar-refractivity contribution in [2.24, 2.45) is 0 Å². The molecule has 0 N–H and O–H groups in total. The highest BCUT2D eigenvalue weighted by Gasteiger charge is 2.56. The molecule has 0 amide bonds. The predicted molar refractivity (Wildman–Crippen MR) is 84.6 cm³/mol. The van der Waals surface area contributed by atoms with Gasteiger partial charge < -0.3 is 18.9 Å². The highest BCUT2D eigenvalue weighted by atomic mass is 32.2. The molecule has 152 valence electrons. The van der Waals surface area contributed by atoms with E-state index in [0.29, 0.717) is 0 Å². The molecule has 2 aliphatic rings. The van der Waals surface area contributed by atoms with E-state index in [0.717, 1.165) is 5.56 Å². The number of hydrogen-bond acceptors (Lipinski definition) is 7. The van der Waals surface area contributed by atoms with Crippen molar-refractivity contribution >= 4 is 10.1 Å². The van der Waals surface area contributed by atoms with Crippen LogP contribution in [0.2, 0.25) is 0 Å². The Bertz CT molecular complexity index is 751. The van der Waals surface area contributed by atoms with Crippen molar-refractivity contribution in [3.63, 3.8) is 0 Å². The molecule has 2 fully saturated rings. The van der Waals surface area contributed by atoms with E-state index in [-0.39, 0.29) is 6.61 Å². The lowest BCUT2D eigenvalue weighted by Gasteiger charge is -2.25. The van der Waals surface area contributed by atoms with Crippen molar-refractivity contribution in [1.82, 2.24) is 0 Å². The second-order valence-corrected chi connectivity index (χ2v) is 8.20. The first-order valence-electron chi connectivity index (χ1n) is 8.11. The molecule has 7 nitrogen and oxygen atoms in total. The van der Waals surface area contributed by atoms with Crippen LogP contribution in [0.1, 0.15) is 19.4 Å². The number of hydrogen-bond donors (Lipinski definition) is 0. The van der Waals surface area contributed by atoms with Crippen LogP contribution in [-0.2, 0) is 39.9 Å². The van der Waals surface area contributed by atoms with Crippen LogP contribution in [0.4, 0.5) is 13.2 Å². The summed E-state index contributed by atoms with van der Waals surface area (Å²) in [6.45, 7) is 2.57. The normalized spacial score (nSPS) is 30.4. The second-order valence-electron chi connectivity index (χ2n) is 6.59. The average molecular weight is 412 g/mol. The maximum Gasteiger partial charge on any atom is 0.523 e. The molecule has 1 aromatic rings. The first-order chi connectivity index (χ1) is 12.5. The third kappa shape index (κ3) is 4.61. The number of fused-ring (bicyclic) bond motifs is 1. The van der Waals surface area contributed by atoms with E-state index in [1.807, 2.05) is 18.2 Å². The molecule has 0 radical (unpaired) electrons. The van der Waals surface area contributed by atoms with Crippen molar-refractivity contribution in [1.29, 1.82) is 0 Å². The number of benzene rings is 1. The van der Waals surface area contributed by atoms with Crippen molar-refractivity contribution in [3.8, 4) is 0 Å². The molecule has 0 bridgehead atoms. The Kier molecular flexibility index (Phi) is 5.54. The summed E-state index contributed by atoms with van der Waals surface area (Å²) < 4.78 is 86.3. The molecule has 11 heteroatoms. The molecule has 0 aromatic heterocycles. The van der Waals surface area contributed by atoms with Gasteiger partial charge in [0.2, 0.25) is 0 Å². The summed E-state index contributed by atoms with van der Waals surface area (Å²) in [6.07, 6.45) is -3.62. The summed E-state index contributed by atoms with van der Waals surface area (Å²) in [5.41, 5.74) is -4.70. The number of rotatable bonds is 6. The van der Waals surface area contributed by atoms with Gasteiger partial charge in [0.25, 0.3) is 0 Å². The first kappa shape index (κ1) is 20.5. The standard InChI is InChI=1S/C16H19F3O7S/c1-15(2)25-13-12(22-8-10-6-4-3-5-7-10)11(24-14(13)26-15)9-23-27(20,21)16(17,18)19/h3-7,11-14H,8-9H2,1-2H3/t11-,12-,13-,14-/m1/s1. The summed E-state index contributed by atoms with van der Waals surface area (Å²) in [5.74, 6) is -0.965. The van der Waals surface area contributed by atoms with Crippen LogP contribution in [0, 0.1) is 0 Å². The predicted octanol–water partition coefficient (Wildman–Crippen LogP) is 2.31. The molecule has 3 rings (SSSR count). The molecule has 2 aliphatic heterocycles. The highest BCUT2D eigenvalue weighted by molar-refractivity contribution is 7.87. The fourth-order valence-corrected chi connectivity index (χ4v) is 3.32. The van der Waals surface area contributed by atoms with Gasteiger partial charge in [0.05, 0.1) is 13.2 Å². The van der Waals surface area contributed by atoms with Gasteiger partial charge in [-0.05, 0) is 19.4 Å². The van der Waals surface area contributed by atoms with E-state index in [9.17, 15) is 21.6 Å². The lowest BCUT2D eigenvalue weighted by atomic mass is 10.1. The monoisotopic (exact) mass is 412 g/mol. The molecule has 0 saturated carbocycles. The number of halogens is 3. The molecule has 1 aromatic carbocycles. The summed E-state index contributed by atoms with van der Waals surface area (Å²) in [5, 5.41) is 0. The zero-order chi connectivity index (χ0) is 19.9. The van der Waals surface area contributed by atoms with E-state index in [1.165, 1.54) is 0 Å². The molecule has 0 unspecified atom stereocenters. The fraction of sp³-hybridized carbons (Fsp3) is 0.625. The minimum atomic E-state index is -5.74. The lowest BCUT2D eigenvalue weighted by molar-refractivity contribution is -0.222. The van der Waals surface area contributed by atoms with E-state index in [2.05, 4.69) is 4.18 Å². The lowest BCUT2D eigenvalue weighted by Crippen LogP contribution is -2.40. The molecule has 2 saturated heterocycles. The topological polar surface area (TPSA) is 80.3 Å². The van der Waals surface area contributed by atoms with E-state index >= 15 is 0 Å². The Labute approximate surface area is 154 Å². The SMILES string of the molecule is CC1(C)O[C@H]2O[C@H](COS(=O)(=O)C(F)(F)F)[C@@H](OCc3ccccc3)[C@H]2O1. The fourth-order valence-electron chi connectivity index (χ4n) is 2.87. The molecular formula is C16H19F3O7S. The molecule has 27 heavy (non-hydrogen) atoms. The van der Waals surface area contributed by atoms with Crippen LogP contribution >= 0.6 is 0 Å². The highest BCUT2D eigenvalue weighted by Crippen LogP contribution is 2.39. The van der Waals surface area contributed by atoms with Gasteiger partial charge in [0.1, 0.15) is 18.3 Å². The van der Waals surface area contributed by atoms with Crippen LogP contribution in [0.15, 0.2) is 30.3 Å². The van der Waals surface area contributed by atoms with E-state index in [1.54, 1.807) is 26.0 Å². The van der Waals surface area contributed by atoms with Crippen LogP contribution in [0.5, 0.6) is 0 Å². The van der Waals surface area contributed by atoms with Crippen molar-refractivity contribution in [3.05, 3.63) is 35.9 Å². The third-order valence-corrected chi connectivity index (χ3v) is 5.06. The Morgan fingerprint density at radius 3 is 2.44 bits per heavy atom. The van der Waals surface area contributed by atoms with Gasteiger partial charge in [-0.1, -0.05) is 30.3 Å².